The molecule has 0 saturated carbocycles. The van der Waals surface area contributed by atoms with E-state index in [-0.39, 0.29) is 63.7 Å². The summed E-state index contributed by atoms with van der Waals surface area (Å²) in [6, 6.07) is 8.60. The number of hydrogen-bond donors (Lipinski definition) is 6. The molecule has 0 aliphatic rings. The molecule has 0 fully saturated rings. The standard InChI is InChI=1S/2C11H15NO3.Fe/c2*1-7(13)9(12-2)5-8-3-4-10(14)11(15)6-8;/h2*3-4,6,9,12,14-15H,5H2,1-2H3;/t2*9-;/m00./s1. The number of likely N-dealkylation sites (N-methyl/N-ethyl adjacent to an activating group) is 2. The van der Waals surface area contributed by atoms with E-state index in [4.69, 9.17) is 10.2 Å². The molecule has 2 aromatic rings. The Labute approximate surface area is 192 Å². The minimum atomic E-state index is -0.256. The van der Waals surface area contributed by atoms with E-state index in [1.165, 1.54) is 38.1 Å². The third kappa shape index (κ3) is 9.40. The molecule has 9 heteroatoms. The number of ketones is 2. The molecule has 31 heavy (non-hydrogen) atoms. The minimum absolute atomic E-state index is 0. The molecule has 0 heterocycles. The van der Waals surface area contributed by atoms with Gasteiger partial charge >= 0.3 is 0 Å². The van der Waals surface area contributed by atoms with Crippen LogP contribution in [0.25, 0.3) is 0 Å². The summed E-state index contributed by atoms with van der Waals surface area (Å²) in [5.41, 5.74) is 1.61. The number of phenolic OH excluding ortho intramolecular Hbond substituents is 4. The van der Waals surface area contributed by atoms with Crippen LogP contribution in [0.15, 0.2) is 36.4 Å². The van der Waals surface area contributed by atoms with E-state index in [1.807, 2.05) is 0 Å². The normalized spacial score (nSPS) is 12.0. The maximum Gasteiger partial charge on any atom is 0.157 e. The Morgan fingerprint density at radius 1 is 0.710 bits per heavy atom. The predicted molar refractivity (Wildman–Crippen MR) is 114 cm³/mol. The molecular weight excluding hydrogens is 444 g/mol. The zero-order chi connectivity index (χ0) is 22.8. The van der Waals surface area contributed by atoms with E-state index in [0.29, 0.717) is 12.8 Å². The topological polar surface area (TPSA) is 139 Å². The number of phenols is 4. The quantitative estimate of drug-likeness (QED) is 0.251. The number of carbonyl (C=O) groups excluding carboxylic acids is 2. The Morgan fingerprint density at radius 3 is 1.26 bits per heavy atom. The van der Waals surface area contributed by atoms with Crippen molar-refractivity contribution < 1.29 is 47.1 Å². The molecule has 0 unspecified atom stereocenters. The molecular formula is C22H30FeN2O6. The Balaban J connectivity index is 0.000000562. The van der Waals surface area contributed by atoms with Gasteiger partial charge in [0.05, 0.1) is 12.1 Å². The summed E-state index contributed by atoms with van der Waals surface area (Å²) in [6.45, 7) is 3.03. The van der Waals surface area contributed by atoms with Crippen molar-refractivity contribution in [2.75, 3.05) is 14.1 Å². The summed E-state index contributed by atoms with van der Waals surface area (Å²) in [6.07, 6.45) is 0.999. The fourth-order valence-corrected chi connectivity index (χ4v) is 2.76. The van der Waals surface area contributed by atoms with E-state index in [2.05, 4.69) is 10.6 Å². The fourth-order valence-electron chi connectivity index (χ4n) is 2.76. The Kier molecular flexibility index (Phi) is 12.5. The second-order valence-corrected chi connectivity index (χ2v) is 6.96. The molecule has 2 aromatic carbocycles. The molecule has 0 radical (unpaired) electrons. The first-order valence-corrected chi connectivity index (χ1v) is 9.46. The van der Waals surface area contributed by atoms with E-state index in [9.17, 15) is 19.8 Å². The Morgan fingerprint density at radius 2 is 1.03 bits per heavy atom. The number of hydrogen-bond acceptors (Lipinski definition) is 8. The van der Waals surface area contributed by atoms with Crippen molar-refractivity contribution in [2.45, 2.75) is 38.8 Å². The first-order chi connectivity index (χ1) is 14.1. The van der Waals surface area contributed by atoms with Gasteiger partial charge in [0.25, 0.3) is 0 Å². The van der Waals surface area contributed by atoms with Gasteiger partial charge in [-0.3, -0.25) is 9.59 Å². The zero-order valence-electron chi connectivity index (χ0n) is 18.0. The van der Waals surface area contributed by atoms with Crippen molar-refractivity contribution in [3.63, 3.8) is 0 Å². The van der Waals surface area contributed by atoms with Gasteiger partial charge in [-0.05, 0) is 76.2 Å². The van der Waals surface area contributed by atoms with Crippen LogP contribution in [0.1, 0.15) is 25.0 Å². The van der Waals surface area contributed by atoms with E-state index >= 15 is 0 Å². The van der Waals surface area contributed by atoms with E-state index < -0.39 is 0 Å². The van der Waals surface area contributed by atoms with E-state index in [1.54, 1.807) is 26.2 Å². The molecule has 0 amide bonds. The van der Waals surface area contributed by atoms with Crippen molar-refractivity contribution >= 4 is 11.6 Å². The van der Waals surface area contributed by atoms with Crippen LogP contribution in [0, 0.1) is 0 Å². The van der Waals surface area contributed by atoms with Crippen LogP contribution >= 0.6 is 0 Å². The molecule has 0 aromatic heterocycles. The van der Waals surface area contributed by atoms with Gasteiger partial charge in [0.15, 0.2) is 23.0 Å². The SMILES string of the molecule is CN[C@@H](Cc1ccc(O)c(O)c1)C(C)=O.CN[C@@H](Cc1ccc(O)c(O)c1)C(C)=O.[Fe]. The number of aromatic hydroxyl groups is 4. The molecule has 0 spiro atoms. The largest absolute Gasteiger partial charge is 0.504 e. The predicted octanol–water partition coefficient (Wildman–Crippen LogP) is 1.63. The summed E-state index contributed by atoms with van der Waals surface area (Å²) in [7, 11) is 3.43. The van der Waals surface area contributed by atoms with Gasteiger partial charge in [0.2, 0.25) is 0 Å². The second-order valence-electron chi connectivity index (χ2n) is 6.96. The number of benzene rings is 2. The molecule has 0 aliphatic carbocycles. The molecule has 2 atom stereocenters. The van der Waals surface area contributed by atoms with Gasteiger partial charge in [-0.2, -0.15) is 0 Å². The summed E-state index contributed by atoms with van der Waals surface area (Å²) in [5, 5.41) is 42.5. The monoisotopic (exact) mass is 474 g/mol. The van der Waals surface area contributed by atoms with Crippen LogP contribution in [-0.2, 0) is 39.5 Å². The number of Topliss-reactive ketones (excluding diaryl/α,β-unsaturated/α-hetero) is 2. The summed E-state index contributed by atoms with van der Waals surface area (Å²) in [4.78, 5) is 22.3. The van der Waals surface area contributed by atoms with Gasteiger partial charge in [-0.25, -0.2) is 0 Å². The fraction of sp³-hybridized carbons (Fsp3) is 0.364. The third-order valence-electron chi connectivity index (χ3n) is 4.64. The first kappa shape index (κ1) is 28.4. The van der Waals surface area contributed by atoms with Crippen LogP contribution in [0.4, 0.5) is 0 Å². The van der Waals surface area contributed by atoms with Crippen molar-refractivity contribution in [1.29, 1.82) is 0 Å². The third-order valence-corrected chi connectivity index (χ3v) is 4.64. The van der Waals surface area contributed by atoms with Gasteiger partial charge < -0.3 is 31.1 Å². The molecule has 172 valence electrons. The number of nitrogens with one attached hydrogen (secondary N) is 2. The molecule has 8 nitrogen and oxygen atoms in total. The number of rotatable bonds is 8. The van der Waals surface area contributed by atoms with Crippen LogP contribution in [0.5, 0.6) is 23.0 Å². The van der Waals surface area contributed by atoms with Crippen LogP contribution in [-0.4, -0.2) is 58.2 Å². The van der Waals surface area contributed by atoms with Gasteiger partial charge in [0.1, 0.15) is 11.6 Å². The maximum atomic E-state index is 11.2. The smallest absolute Gasteiger partial charge is 0.157 e. The van der Waals surface area contributed by atoms with Crippen molar-refractivity contribution in [1.82, 2.24) is 10.6 Å². The van der Waals surface area contributed by atoms with Gasteiger partial charge in [-0.1, -0.05) is 12.1 Å². The van der Waals surface area contributed by atoms with Crippen molar-refractivity contribution in [3.05, 3.63) is 47.5 Å². The Hall–Kier alpha value is -2.58. The molecule has 0 aliphatic heterocycles. The average molecular weight is 474 g/mol. The minimum Gasteiger partial charge on any atom is -0.504 e. The van der Waals surface area contributed by atoms with Gasteiger partial charge in [-0.15, -0.1) is 0 Å². The van der Waals surface area contributed by atoms with Crippen LogP contribution in [0.3, 0.4) is 0 Å². The summed E-state index contributed by atoms with van der Waals surface area (Å²) >= 11 is 0. The molecule has 0 saturated heterocycles. The zero-order valence-corrected chi connectivity index (χ0v) is 19.1. The Bertz CT molecular complexity index is 804. The van der Waals surface area contributed by atoms with Crippen LogP contribution in [0.2, 0.25) is 0 Å². The average Bonchev–Trinajstić information content (AvgIpc) is 2.69. The second kappa shape index (κ2) is 13.7. The maximum absolute atomic E-state index is 11.2. The van der Waals surface area contributed by atoms with E-state index in [0.717, 1.165) is 11.1 Å². The first-order valence-electron chi connectivity index (χ1n) is 9.46. The molecule has 0 bridgehead atoms. The molecule has 6 N–H and O–H groups in total. The van der Waals surface area contributed by atoms with Crippen LogP contribution < -0.4 is 10.6 Å². The van der Waals surface area contributed by atoms with Crippen molar-refractivity contribution in [2.24, 2.45) is 0 Å². The van der Waals surface area contributed by atoms with Crippen molar-refractivity contribution in [3.8, 4) is 23.0 Å². The molecule has 2 rings (SSSR count). The van der Waals surface area contributed by atoms with Gasteiger partial charge in [0, 0.05) is 17.1 Å². The number of carbonyl (C=O) groups is 2. The summed E-state index contributed by atoms with van der Waals surface area (Å²) in [5.74, 6) is -0.530. The summed E-state index contributed by atoms with van der Waals surface area (Å²) < 4.78 is 0.